The van der Waals surface area contributed by atoms with Crippen molar-refractivity contribution < 1.29 is 14.3 Å². The van der Waals surface area contributed by atoms with Crippen molar-refractivity contribution in [1.82, 2.24) is 5.32 Å². The molecule has 3 N–H and O–H groups in total. The maximum Gasteiger partial charge on any atom is 0.408 e. The molecule has 142 valence electrons. The Balaban J connectivity index is 1.99. The number of alkyl carbamates (subject to hydrolysis) is 1. The quantitative estimate of drug-likeness (QED) is 0.758. The molecule has 1 amide bonds. The summed E-state index contributed by atoms with van der Waals surface area (Å²) in [5.41, 5.74) is 6.53. The van der Waals surface area contributed by atoms with Gasteiger partial charge in [0.1, 0.15) is 12.7 Å². The van der Waals surface area contributed by atoms with Gasteiger partial charge in [0.25, 0.3) is 6.26 Å². The number of nitrogens with one attached hydrogen (secondary N) is 1. The highest BCUT2D eigenvalue weighted by atomic mass is 16.6. The zero-order valence-electron chi connectivity index (χ0n) is 15.8. The van der Waals surface area contributed by atoms with Crippen LogP contribution in [-0.2, 0) is 9.47 Å². The summed E-state index contributed by atoms with van der Waals surface area (Å²) in [5.74, 6) is 0. The summed E-state index contributed by atoms with van der Waals surface area (Å²) in [6, 6.07) is 9.45. The van der Waals surface area contributed by atoms with E-state index in [2.05, 4.69) is 26.1 Å². The van der Waals surface area contributed by atoms with Crippen molar-refractivity contribution in [1.29, 1.82) is 5.26 Å². The van der Waals surface area contributed by atoms with Gasteiger partial charge >= 0.3 is 6.09 Å². The number of carbonyl (C=O) groups excluding carboxylic acids is 1. The van der Waals surface area contributed by atoms with E-state index in [-0.39, 0.29) is 23.4 Å². The first-order valence-electron chi connectivity index (χ1n) is 9.00. The number of nitriles is 1. The Morgan fingerprint density at radius 1 is 1.35 bits per heavy atom. The molecular formula is C20H29N3O3. The molecule has 3 unspecified atom stereocenters. The number of ether oxygens (including phenoxy) is 2. The normalized spacial score (nSPS) is 25.6. The molecule has 6 nitrogen and oxygen atoms in total. The molecule has 1 aliphatic carbocycles. The molecule has 0 radical (unpaired) electrons. The number of nitrogens with zero attached hydrogens (tertiary/aromatic N) is 1. The Morgan fingerprint density at radius 2 is 2.04 bits per heavy atom. The van der Waals surface area contributed by atoms with Gasteiger partial charge in [-0.05, 0) is 30.2 Å². The van der Waals surface area contributed by atoms with Crippen LogP contribution in [0.4, 0.5) is 4.79 Å². The van der Waals surface area contributed by atoms with Gasteiger partial charge < -0.3 is 20.5 Å². The van der Waals surface area contributed by atoms with E-state index >= 15 is 0 Å². The number of hydrogen-bond acceptors (Lipinski definition) is 5. The van der Waals surface area contributed by atoms with Gasteiger partial charge in [0, 0.05) is 18.0 Å². The zero-order valence-corrected chi connectivity index (χ0v) is 15.8. The van der Waals surface area contributed by atoms with Crippen molar-refractivity contribution >= 4 is 6.09 Å². The molecule has 2 rings (SSSR count). The van der Waals surface area contributed by atoms with E-state index in [0.29, 0.717) is 6.61 Å². The zero-order chi connectivity index (χ0) is 19.2. The van der Waals surface area contributed by atoms with Gasteiger partial charge in [-0.1, -0.05) is 51.1 Å². The van der Waals surface area contributed by atoms with Gasteiger partial charge in [-0.2, -0.15) is 5.26 Å². The third kappa shape index (κ3) is 5.63. The molecule has 0 aromatic heterocycles. The van der Waals surface area contributed by atoms with E-state index in [4.69, 9.17) is 20.5 Å². The highest BCUT2D eigenvalue weighted by Gasteiger charge is 2.42. The smallest absolute Gasteiger partial charge is 0.408 e. The van der Waals surface area contributed by atoms with Gasteiger partial charge in [0.2, 0.25) is 0 Å². The van der Waals surface area contributed by atoms with Crippen LogP contribution in [-0.4, -0.2) is 25.3 Å². The maximum atomic E-state index is 12.4. The molecule has 1 saturated carbocycles. The summed E-state index contributed by atoms with van der Waals surface area (Å²) in [6.45, 7) is 7.02. The lowest BCUT2D eigenvalue weighted by Gasteiger charge is -2.46. The molecule has 6 heteroatoms. The summed E-state index contributed by atoms with van der Waals surface area (Å²) in [4.78, 5) is 12.4. The molecule has 1 aliphatic rings. The molecule has 1 aromatic rings. The third-order valence-corrected chi connectivity index (χ3v) is 4.89. The minimum absolute atomic E-state index is 0.0345. The number of nitrogens with two attached hydrogens (primary N) is 1. The molecule has 3 atom stereocenters. The van der Waals surface area contributed by atoms with Crippen molar-refractivity contribution in [2.24, 2.45) is 16.6 Å². The molecule has 0 aliphatic heterocycles. The molecule has 0 heterocycles. The Kier molecular flexibility index (Phi) is 6.49. The largest absolute Gasteiger partial charge is 0.440 e. The van der Waals surface area contributed by atoms with Crippen LogP contribution in [0.25, 0.3) is 0 Å². The van der Waals surface area contributed by atoms with E-state index in [1.54, 1.807) is 6.26 Å². The Labute approximate surface area is 155 Å². The van der Waals surface area contributed by atoms with E-state index in [0.717, 1.165) is 24.8 Å². The summed E-state index contributed by atoms with van der Waals surface area (Å²) < 4.78 is 10.6. The standard InChI is InChI=1S/C20H29N3O3/c1-19(2)9-16(10-20(3,12-19)13-25-14-22)23-18(24)26-17(11-21)15-7-5-4-6-8-15/h4-8,16-17H,9-13,21H2,1-3H3,(H,23,24). The van der Waals surface area contributed by atoms with Crippen LogP contribution < -0.4 is 11.1 Å². The molecule has 0 spiro atoms. The minimum atomic E-state index is -0.471. The van der Waals surface area contributed by atoms with Gasteiger partial charge in [0.15, 0.2) is 0 Å². The second-order valence-electron chi connectivity index (χ2n) is 8.32. The molecule has 26 heavy (non-hydrogen) atoms. The predicted molar refractivity (Wildman–Crippen MR) is 98.9 cm³/mol. The van der Waals surface area contributed by atoms with E-state index in [1.165, 1.54) is 0 Å². The van der Waals surface area contributed by atoms with Crippen molar-refractivity contribution in [3.05, 3.63) is 35.9 Å². The van der Waals surface area contributed by atoms with Crippen LogP contribution in [0.15, 0.2) is 30.3 Å². The fraction of sp³-hybridized carbons (Fsp3) is 0.600. The minimum Gasteiger partial charge on any atom is -0.440 e. The lowest BCUT2D eigenvalue weighted by atomic mass is 9.63. The number of amides is 1. The number of rotatable bonds is 6. The van der Waals surface area contributed by atoms with Gasteiger partial charge in [-0.3, -0.25) is 0 Å². The maximum absolute atomic E-state index is 12.4. The van der Waals surface area contributed by atoms with E-state index in [1.807, 2.05) is 30.3 Å². The molecule has 1 aromatic carbocycles. The Bertz CT molecular complexity index is 641. The summed E-state index contributed by atoms with van der Waals surface area (Å²) in [7, 11) is 0. The number of benzene rings is 1. The first kappa shape index (κ1) is 20.1. The van der Waals surface area contributed by atoms with Crippen molar-refractivity contribution in [2.75, 3.05) is 13.2 Å². The first-order chi connectivity index (χ1) is 12.3. The third-order valence-electron chi connectivity index (χ3n) is 4.89. The summed E-state index contributed by atoms with van der Waals surface area (Å²) in [6.07, 6.45) is 3.34. The topological polar surface area (TPSA) is 97.4 Å². The van der Waals surface area contributed by atoms with Gasteiger partial charge in [-0.15, -0.1) is 0 Å². The fourth-order valence-electron chi connectivity index (χ4n) is 4.30. The van der Waals surface area contributed by atoms with Crippen molar-refractivity contribution in [2.45, 2.75) is 52.2 Å². The monoisotopic (exact) mass is 359 g/mol. The highest BCUT2D eigenvalue weighted by Crippen LogP contribution is 2.46. The first-order valence-corrected chi connectivity index (χ1v) is 9.00. The van der Waals surface area contributed by atoms with E-state index in [9.17, 15) is 4.79 Å². The molecule has 0 saturated heterocycles. The summed E-state index contributed by atoms with van der Waals surface area (Å²) >= 11 is 0. The Hall–Kier alpha value is -2.26. The SMILES string of the molecule is CC1(C)CC(NC(=O)OC(CN)c2ccccc2)CC(C)(COC#N)C1. The molecule has 1 fully saturated rings. The van der Waals surface area contributed by atoms with E-state index < -0.39 is 12.2 Å². The lowest BCUT2D eigenvalue weighted by Crippen LogP contribution is -2.48. The van der Waals surface area contributed by atoms with Crippen LogP contribution >= 0.6 is 0 Å². The van der Waals surface area contributed by atoms with Crippen LogP contribution in [0, 0.1) is 22.3 Å². The van der Waals surface area contributed by atoms with Gasteiger partial charge in [0.05, 0.1) is 0 Å². The predicted octanol–water partition coefficient (Wildman–Crippen LogP) is 3.50. The van der Waals surface area contributed by atoms with Crippen molar-refractivity contribution in [3.63, 3.8) is 0 Å². The van der Waals surface area contributed by atoms with Crippen LogP contribution in [0.2, 0.25) is 0 Å². The number of carbonyl (C=O) groups is 1. The van der Waals surface area contributed by atoms with Crippen LogP contribution in [0.3, 0.4) is 0 Å². The van der Waals surface area contributed by atoms with Crippen molar-refractivity contribution in [3.8, 4) is 6.26 Å². The fourth-order valence-corrected chi connectivity index (χ4v) is 4.30. The van der Waals surface area contributed by atoms with Crippen LogP contribution in [0.5, 0.6) is 0 Å². The average molecular weight is 359 g/mol. The molecule has 0 bridgehead atoms. The highest BCUT2D eigenvalue weighted by molar-refractivity contribution is 5.68. The Morgan fingerprint density at radius 3 is 2.65 bits per heavy atom. The second kappa shape index (κ2) is 8.41. The molecular weight excluding hydrogens is 330 g/mol. The van der Waals surface area contributed by atoms with Gasteiger partial charge in [-0.25, -0.2) is 4.79 Å². The average Bonchev–Trinajstić information content (AvgIpc) is 2.57. The second-order valence-corrected chi connectivity index (χ2v) is 8.32. The number of hydrogen-bond donors (Lipinski definition) is 2. The lowest BCUT2D eigenvalue weighted by molar-refractivity contribution is 0.0174. The van der Waals surface area contributed by atoms with Crippen LogP contribution in [0.1, 0.15) is 51.7 Å². The summed E-state index contributed by atoms with van der Waals surface area (Å²) in [5, 5.41) is 11.7.